The Morgan fingerprint density at radius 3 is 1.21 bits per heavy atom. The number of aliphatic hydroxyl groups excluding tert-OH is 8. The van der Waals surface area contributed by atoms with Crippen molar-refractivity contribution >= 4 is 11.9 Å². The molecular weight excluding hydrogens is 744 g/mol. The lowest BCUT2D eigenvalue weighted by molar-refractivity contribution is -0.376. The molecule has 2 aliphatic heterocycles. The minimum absolute atomic E-state index is 0.320. The first kappa shape index (κ1) is 45.0. The van der Waals surface area contributed by atoms with Gasteiger partial charge in [0.1, 0.15) is 62.0 Å². The fourth-order valence-electron chi connectivity index (χ4n) is 9.90. The Morgan fingerprint density at radius 2 is 0.877 bits per heavy atom. The van der Waals surface area contributed by atoms with Gasteiger partial charge < -0.3 is 64.5 Å². The quantitative estimate of drug-likeness (QED) is 0.0721. The molecule has 6 fully saturated rings. The number of carbonyl (C=O) groups is 2. The molecule has 2 heterocycles. The lowest BCUT2D eigenvalue weighted by Gasteiger charge is -2.44. The molecule has 0 radical (unpaired) electrons. The molecule has 328 valence electrons. The molecule has 0 bridgehead atoms. The Bertz CT molecular complexity index is 1220. The van der Waals surface area contributed by atoms with Crippen LogP contribution in [0.4, 0.5) is 0 Å². The fourth-order valence-corrected chi connectivity index (χ4v) is 9.90. The standard InChI is InChI=1S/C42H70O15/c1-5-19-9-21(19)11-23-13-25(23)15-29(43)27(7-3)39(51)53-17-31-33(45)35(47)37(49)41(55-31)57-42-38(50)36(48)34(46)32(56-42)18-54-40(52)28(8-4)30(44)16-26-14-24(26)12-22-10-20(22)6-2/h19-38,41-50H,5-18H2,1-4H3/t19-,20-,21?,22?,23-,24-,25-,26-,27-,28-,29-,30-,31?,32?,33?,34?,35?,36?,37?,38?,41?,42?/m1/s1. The highest BCUT2D eigenvalue weighted by molar-refractivity contribution is 5.73. The van der Waals surface area contributed by atoms with Crippen molar-refractivity contribution in [1.29, 1.82) is 0 Å². The van der Waals surface area contributed by atoms with Crippen molar-refractivity contribution in [2.24, 2.45) is 59.2 Å². The van der Waals surface area contributed by atoms with Crippen LogP contribution in [0.15, 0.2) is 0 Å². The molecule has 0 aromatic heterocycles. The SMILES string of the molecule is CC[C@@H]1CC1C[C@@H]1C[C@@H]1C[C@@H](O)[C@@H](CC)C(=O)OCC1OC(OC2OC(COC(=O)[C@H](CC)[C@H](O)C[C@H]3C[C@H]3CC3C[C@H]3CC)C(O)C(O)C2O)C(O)C(O)C1O. The summed E-state index contributed by atoms with van der Waals surface area (Å²) in [5.74, 6) is 2.09. The van der Waals surface area contributed by atoms with Crippen LogP contribution in [0, 0.1) is 59.2 Å². The van der Waals surface area contributed by atoms with E-state index in [1.54, 1.807) is 13.8 Å². The third-order valence-electron chi connectivity index (χ3n) is 14.4. The van der Waals surface area contributed by atoms with Crippen LogP contribution in [0.5, 0.6) is 0 Å². The van der Waals surface area contributed by atoms with Gasteiger partial charge in [-0.05, 0) is 112 Å². The highest BCUT2D eigenvalue weighted by Crippen LogP contribution is 2.55. The summed E-state index contributed by atoms with van der Waals surface area (Å²) in [7, 11) is 0. The average Bonchev–Trinajstić information content (AvgIpc) is 4.01. The molecule has 6 rings (SSSR count). The molecule has 0 aromatic rings. The van der Waals surface area contributed by atoms with Gasteiger partial charge >= 0.3 is 11.9 Å². The van der Waals surface area contributed by atoms with Crippen molar-refractivity contribution in [2.75, 3.05) is 13.2 Å². The Kier molecular flexibility index (Phi) is 15.4. The summed E-state index contributed by atoms with van der Waals surface area (Å²) >= 11 is 0. The maximum Gasteiger partial charge on any atom is 0.311 e. The summed E-state index contributed by atoms with van der Waals surface area (Å²) in [6, 6.07) is 0. The Labute approximate surface area is 336 Å². The molecule has 0 amide bonds. The van der Waals surface area contributed by atoms with Crippen molar-refractivity contribution in [3.05, 3.63) is 0 Å². The lowest BCUT2D eigenvalue weighted by atomic mass is 9.94. The second-order valence-electron chi connectivity index (χ2n) is 18.4. The van der Waals surface area contributed by atoms with Crippen molar-refractivity contribution in [3.8, 4) is 0 Å². The van der Waals surface area contributed by atoms with Gasteiger partial charge in [0.25, 0.3) is 0 Å². The van der Waals surface area contributed by atoms with Crippen LogP contribution >= 0.6 is 0 Å². The van der Waals surface area contributed by atoms with Gasteiger partial charge in [-0.2, -0.15) is 0 Å². The molecule has 2 saturated heterocycles. The van der Waals surface area contributed by atoms with E-state index >= 15 is 0 Å². The third-order valence-corrected chi connectivity index (χ3v) is 14.4. The van der Waals surface area contributed by atoms with Crippen molar-refractivity contribution in [1.82, 2.24) is 0 Å². The van der Waals surface area contributed by atoms with Crippen LogP contribution in [0.2, 0.25) is 0 Å². The van der Waals surface area contributed by atoms with Gasteiger partial charge in [-0.3, -0.25) is 9.59 Å². The number of esters is 2. The smallest absolute Gasteiger partial charge is 0.311 e. The van der Waals surface area contributed by atoms with Crippen LogP contribution in [-0.2, 0) is 33.3 Å². The van der Waals surface area contributed by atoms with Crippen LogP contribution in [-0.4, -0.2) is 140 Å². The van der Waals surface area contributed by atoms with Crippen molar-refractivity contribution in [2.45, 2.75) is 178 Å². The van der Waals surface area contributed by atoms with E-state index in [0.29, 0.717) is 49.4 Å². The van der Waals surface area contributed by atoms with Gasteiger partial charge in [0, 0.05) is 0 Å². The molecule has 12 unspecified atom stereocenters. The van der Waals surface area contributed by atoms with E-state index in [9.17, 15) is 50.4 Å². The fraction of sp³-hybridized carbons (Fsp3) is 0.952. The minimum Gasteiger partial charge on any atom is -0.463 e. The van der Waals surface area contributed by atoms with Crippen LogP contribution in [0.1, 0.15) is 105 Å². The topological polar surface area (TPSA) is 242 Å². The van der Waals surface area contributed by atoms with Crippen LogP contribution in [0.3, 0.4) is 0 Å². The molecule has 0 spiro atoms. The van der Waals surface area contributed by atoms with Gasteiger partial charge in [-0.15, -0.1) is 0 Å². The van der Waals surface area contributed by atoms with E-state index in [-0.39, 0.29) is 0 Å². The zero-order valence-corrected chi connectivity index (χ0v) is 34.0. The van der Waals surface area contributed by atoms with Crippen LogP contribution in [0.25, 0.3) is 0 Å². The zero-order valence-electron chi connectivity index (χ0n) is 34.0. The van der Waals surface area contributed by atoms with E-state index < -0.39 is 111 Å². The number of carbonyl (C=O) groups excluding carboxylic acids is 2. The second-order valence-corrected chi connectivity index (χ2v) is 18.4. The highest BCUT2D eigenvalue weighted by Gasteiger charge is 2.52. The molecule has 6 aliphatic rings. The summed E-state index contributed by atoms with van der Waals surface area (Å²) in [5, 5.41) is 86.0. The average molecular weight is 815 g/mol. The number of hydrogen-bond acceptors (Lipinski definition) is 15. The molecule has 22 atom stereocenters. The highest BCUT2D eigenvalue weighted by atomic mass is 16.8. The molecular formula is C42H70O15. The molecule has 4 saturated carbocycles. The summed E-state index contributed by atoms with van der Waals surface area (Å²) in [6.45, 7) is 6.85. The lowest BCUT2D eigenvalue weighted by Crippen LogP contribution is -2.64. The summed E-state index contributed by atoms with van der Waals surface area (Å²) in [5.41, 5.74) is 0. The van der Waals surface area contributed by atoms with Gasteiger partial charge in [-0.25, -0.2) is 0 Å². The first-order valence-electron chi connectivity index (χ1n) is 21.9. The zero-order chi connectivity index (χ0) is 41.3. The van der Waals surface area contributed by atoms with E-state index in [1.807, 2.05) is 0 Å². The van der Waals surface area contributed by atoms with Crippen molar-refractivity contribution < 1.29 is 74.1 Å². The number of rotatable bonds is 22. The Hall–Kier alpha value is -1.50. The molecule has 4 aliphatic carbocycles. The van der Waals surface area contributed by atoms with E-state index in [1.165, 1.54) is 38.5 Å². The first-order chi connectivity index (χ1) is 27.2. The Balaban J connectivity index is 0.965. The van der Waals surface area contributed by atoms with E-state index in [2.05, 4.69) is 13.8 Å². The van der Waals surface area contributed by atoms with Crippen LogP contribution < -0.4 is 0 Å². The first-order valence-corrected chi connectivity index (χ1v) is 21.9. The second kappa shape index (κ2) is 19.5. The largest absolute Gasteiger partial charge is 0.463 e. The predicted octanol–water partition coefficient (Wildman–Crippen LogP) is 1.40. The predicted molar refractivity (Wildman–Crippen MR) is 201 cm³/mol. The van der Waals surface area contributed by atoms with E-state index in [0.717, 1.165) is 36.5 Å². The van der Waals surface area contributed by atoms with Gasteiger partial charge in [0.15, 0.2) is 12.6 Å². The van der Waals surface area contributed by atoms with E-state index in [4.69, 9.17) is 23.7 Å². The molecule has 57 heavy (non-hydrogen) atoms. The monoisotopic (exact) mass is 814 g/mol. The minimum atomic E-state index is -1.88. The molecule has 15 heteroatoms. The maximum atomic E-state index is 13.1. The number of hydrogen-bond donors (Lipinski definition) is 8. The Morgan fingerprint density at radius 1 is 0.526 bits per heavy atom. The van der Waals surface area contributed by atoms with Gasteiger partial charge in [-0.1, -0.05) is 40.5 Å². The third kappa shape index (κ3) is 11.1. The summed E-state index contributed by atoms with van der Waals surface area (Å²) < 4.78 is 27.9. The number of ether oxygens (including phenoxy) is 5. The molecule has 8 N–H and O–H groups in total. The normalized spacial score (nSPS) is 44.4. The van der Waals surface area contributed by atoms with Crippen molar-refractivity contribution in [3.63, 3.8) is 0 Å². The summed E-state index contributed by atoms with van der Waals surface area (Å²) in [4.78, 5) is 26.2. The number of aliphatic hydroxyl groups is 8. The molecule has 0 aromatic carbocycles. The molecule has 15 nitrogen and oxygen atoms in total. The van der Waals surface area contributed by atoms with Gasteiger partial charge in [0.05, 0.1) is 24.0 Å². The maximum absolute atomic E-state index is 13.1. The van der Waals surface area contributed by atoms with Gasteiger partial charge in [0.2, 0.25) is 0 Å². The summed E-state index contributed by atoms with van der Waals surface area (Å²) in [6.07, 6.45) is -7.98.